The summed E-state index contributed by atoms with van der Waals surface area (Å²) in [4.78, 5) is 17.0. The third-order valence-electron chi connectivity index (χ3n) is 4.88. The van der Waals surface area contributed by atoms with Gasteiger partial charge in [0.1, 0.15) is 5.82 Å². The van der Waals surface area contributed by atoms with Crippen LogP contribution in [0.3, 0.4) is 0 Å². The average Bonchev–Trinajstić information content (AvgIpc) is 3.07. The fraction of sp³-hybridized carbons (Fsp3) is 0.182. The maximum Gasteiger partial charge on any atom is 0.275 e. The molecule has 1 aromatic heterocycles. The SMILES string of the molecule is COCCn1c(Cc2cc(C(=O)NO)c3ccccc3c2)nc2ccccc21. The minimum absolute atomic E-state index is 0.440. The number of nitrogens with zero attached hydrogens (tertiary/aromatic N) is 2. The van der Waals surface area contributed by atoms with Crippen LogP contribution in [0.1, 0.15) is 21.7 Å². The molecule has 0 atom stereocenters. The van der Waals surface area contributed by atoms with Gasteiger partial charge in [-0.3, -0.25) is 10.0 Å². The van der Waals surface area contributed by atoms with Crippen LogP contribution < -0.4 is 5.48 Å². The highest BCUT2D eigenvalue weighted by molar-refractivity contribution is 6.07. The molecule has 0 saturated heterocycles. The Kier molecular flexibility index (Phi) is 5.06. The molecule has 0 aliphatic heterocycles. The van der Waals surface area contributed by atoms with E-state index in [4.69, 9.17) is 14.9 Å². The van der Waals surface area contributed by atoms with E-state index in [1.807, 2.05) is 54.6 Å². The molecule has 0 radical (unpaired) electrons. The number of para-hydroxylation sites is 2. The Balaban J connectivity index is 1.81. The molecule has 1 amide bonds. The lowest BCUT2D eigenvalue weighted by Gasteiger charge is -2.11. The average molecular weight is 375 g/mol. The molecule has 0 aliphatic carbocycles. The van der Waals surface area contributed by atoms with Crippen molar-refractivity contribution in [1.82, 2.24) is 15.0 Å². The summed E-state index contributed by atoms with van der Waals surface area (Å²) < 4.78 is 7.42. The lowest BCUT2D eigenvalue weighted by atomic mass is 9.98. The Labute approximate surface area is 162 Å². The molecule has 6 nitrogen and oxygen atoms in total. The number of benzene rings is 3. The largest absolute Gasteiger partial charge is 0.383 e. The third kappa shape index (κ3) is 3.35. The molecule has 4 aromatic rings. The van der Waals surface area contributed by atoms with Crippen LogP contribution in [0.2, 0.25) is 0 Å². The van der Waals surface area contributed by atoms with Crippen molar-refractivity contribution in [1.29, 1.82) is 0 Å². The smallest absolute Gasteiger partial charge is 0.275 e. The first-order valence-corrected chi connectivity index (χ1v) is 9.10. The van der Waals surface area contributed by atoms with Crippen LogP contribution in [0.15, 0.2) is 60.7 Å². The lowest BCUT2D eigenvalue weighted by Crippen LogP contribution is -2.19. The number of carbonyl (C=O) groups is 1. The Morgan fingerprint density at radius 3 is 2.75 bits per heavy atom. The Hall–Kier alpha value is -3.22. The molecule has 142 valence electrons. The number of amides is 1. The standard InChI is InChI=1S/C22H21N3O3/c1-28-11-10-25-20-9-5-4-8-19(20)23-21(25)14-15-12-16-6-2-3-7-17(16)18(13-15)22(26)24-27/h2-9,12-13,27H,10-11,14H2,1H3,(H,24,26). The van der Waals surface area contributed by atoms with Crippen molar-refractivity contribution in [2.24, 2.45) is 0 Å². The van der Waals surface area contributed by atoms with Gasteiger partial charge >= 0.3 is 0 Å². The van der Waals surface area contributed by atoms with Crippen molar-refractivity contribution in [2.75, 3.05) is 13.7 Å². The molecule has 4 rings (SSSR count). The Morgan fingerprint density at radius 1 is 1.14 bits per heavy atom. The van der Waals surface area contributed by atoms with Crippen LogP contribution in [0.5, 0.6) is 0 Å². The van der Waals surface area contributed by atoms with E-state index >= 15 is 0 Å². The molecule has 28 heavy (non-hydrogen) atoms. The molecular formula is C22H21N3O3. The lowest BCUT2D eigenvalue weighted by molar-refractivity contribution is 0.0708. The van der Waals surface area contributed by atoms with Crippen LogP contribution >= 0.6 is 0 Å². The van der Waals surface area contributed by atoms with E-state index < -0.39 is 5.91 Å². The number of hydrogen-bond acceptors (Lipinski definition) is 4. The van der Waals surface area contributed by atoms with Gasteiger partial charge in [-0.1, -0.05) is 42.5 Å². The summed E-state index contributed by atoms with van der Waals surface area (Å²) in [5.41, 5.74) is 5.13. The molecule has 1 heterocycles. The van der Waals surface area contributed by atoms with Crippen molar-refractivity contribution in [2.45, 2.75) is 13.0 Å². The van der Waals surface area contributed by atoms with E-state index in [9.17, 15) is 4.79 Å². The predicted octanol–water partition coefficient (Wildman–Crippen LogP) is 3.55. The number of imidazole rings is 1. The number of hydrogen-bond donors (Lipinski definition) is 2. The zero-order valence-electron chi connectivity index (χ0n) is 15.6. The van der Waals surface area contributed by atoms with E-state index in [2.05, 4.69) is 10.6 Å². The zero-order chi connectivity index (χ0) is 19.5. The number of hydroxylamine groups is 1. The van der Waals surface area contributed by atoms with Gasteiger partial charge in [-0.15, -0.1) is 0 Å². The number of aromatic nitrogens is 2. The van der Waals surface area contributed by atoms with Crippen LogP contribution in [-0.2, 0) is 17.7 Å². The number of nitrogens with one attached hydrogen (secondary N) is 1. The molecule has 0 fully saturated rings. The summed E-state index contributed by atoms with van der Waals surface area (Å²) in [6.45, 7) is 1.28. The molecule has 2 N–H and O–H groups in total. The van der Waals surface area contributed by atoms with Gasteiger partial charge in [-0.25, -0.2) is 10.5 Å². The maximum atomic E-state index is 12.2. The Bertz CT molecular complexity index is 1150. The number of carbonyl (C=O) groups excluding carboxylic acids is 1. The van der Waals surface area contributed by atoms with E-state index in [1.165, 1.54) is 0 Å². The highest BCUT2D eigenvalue weighted by Gasteiger charge is 2.15. The van der Waals surface area contributed by atoms with Crippen molar-refractivity contribution < 1.29 is 14.7 Å². The number of fused-ring (bicyclic) bond motifs is 2. The van der Waals surface area contributed by atoms with Crippen molar-refractivity contribution >= 4 is 27.7 Å². The van der Waals surface area contributed by atoms with Crippen LogP contribution in [0.4, 0.5) is 0 Å². The third-order valence-corrected chi connectivity index (χ3v) is 4.88. The first kappa shape index (κ1) is 18.2. The summed E-state index contributed by atoms with van der Waals surface area (Å²) in [6, 6.07) is 19.5. The predicted molar refractivity (Wildman–Crippen MR) is 108 cm³/mol. The van der Waals surface area contributed by atoms with E-state index in [1.54, 1.807) is 12.6 Å². The van der Waals surface area contributed by atoms with Crippen molar-refractivity contribution in [3.8, 4) is 0 Å². The maximum absolute atomic E-state index is 12.2. The van der Waals surface area contributed by atoms with Gasteiger partial charge in [-0.05, 0) is 34.5 Å². The van der Waals surface area contributed by atoms with Gasteiger partial charge in [-0.2, -0.15) is 0 Å². The second-order valence-corrected chi connectivity index (χ2v) is 6.64. The van der Waals surface area contributed by atoms with Gasteiger partial charge < -0.3 is 9.30 Å². The molecule has 3 aromatic carbocycles. The quantitative estimate of drug-likeness (QED) is 0.399. The van der Waals surface area contributed by atoms with Gasteiger partial charge in [0.05, 0.1) is 17.6 Å². The highest BCUT2D eigenvalue weighted by atomic mass is 16.5. The second kappa shape index (κ2) is 7.80. The molecule has 6 heteroatoms. The summed E-state index contributed by atoms with van der Waals surface area (Å²) in [6.07, 6.45) is 0.564. The fourth-order valence-electron chi connectivity index (χ4n) is 3.60. The summed E-state index contributed by atoms with van der Waals surface area (Å²) in [7, 11) is 1.68. The zero-order valence-corrected chi connectivity index (χ0v) is 15.6. The first-order valence-electron chi connectivity index (χ1n) is 9.10. The Morgan fingerprint density at radius 2 is 1.93 bits per heavy atom. The summed E-state index contributed by atoms with van der Waals surface area (Å²) in [5.74, 6) is 0.384. The number of ether oxygens (including phenoxy) is 1. The normalized spacial score (nSPS) is 11.2. The first-order chi connectivity index (χ1) is 13.7. The molecule has 0 spiro atoms. The minimum Gasteiger partial charge on any atom is -0.383 e. The topological polar surface area (TPSA) is 76.4 Å². The summed E-state index contributed by atoms with van der Waals surface area (Å²) >= 11 is 0. The minimum atomic E-state index is -0.522. The van der Waals surface area contributed by atoms with E-state index in [0.29, 0.717) is 25.1 Å². The van der Waals surface area contributed by atoms with Crippen LogP contribution in [0, 0.1) is 0 Å². The molecule has 0 unspecified atom stereocenters. The summed E-state index contributed by atoms with van der Waals surface area (Å²) in [5, 5.41) is 10.9. The van der Waals surface area contributed by atoms with Crippen LogP contribution in [-0.4, -0.2) is 34.4 Å². The second-order valence-electron chi connectivity index (χ2n) is 6.64. The molecular weight excluding hydrogens is 354 g/mol. The fourth-order valence-corrected chi connectivity index (χ4v) is 3.60. The number of methoxy groups -OCH3 is 1. The van der Waals surface area contributed by atoms with E-state index in [-0.39, 0.29) is 0 Å². The molecule has 0 saturated carbocycles. The number of rotatable bonds is 6. The molecule has 0 bridgehead atoms. The van der Waals surface area contributed by atoms with Gasteiger partial charge in [0.25, 0.3) is 5.91 Å². The van der Waals surface area contributed by atoms with Crippen molar-refractivity contribution in [3.63, 3.8) is 0 Å². The highest BCUT2D eigenvalue weighted by Crippen LogP contribution is 2.24. The van der Waals surface area contributed by atoms with Crippen LogP contribution in [0.25, 0.3) is 21.8 Å². The molecule has 0 aliphatic rings. The van der Waals surface area contributed by atoms with Gasteiger partial charge in [0, 0.05) is 25.6 Å². The van der Waals surface area contributed by atoms with E-state index in [0.717, 1.165) is 33.2 Å². The van der Waals surface area contributed by atoms with Crippen molar-refractivity contribution in [3.05, 3.63) is 77.6 Å². The van der Waals surface area contributed by atoms with Gasteiger partial charge in [0.15, 0.2) is 0 Å². The van der Waals surface area contributed by atoms with Gasteiger partial charge in [0.2, 0.25) is 0 Å². The monoisotopic (exact) mass is 375 g/mol.